The number of anilines is 1. The van der Waals surface area contributed by atoms with Gasteiger partial charge in [-0.3, -0.25) is 4.98 Å². The van der Waals surface area contributed by atoms with Crippen LogP contribution in [-0.2, 0) is 18.1 Å². The van der Waals surface area contributed by atoms with Crippen LogP contribution in [0.2, 0.25) is 5.02 Å². The molecule has 2 heterocycles. The number of pyridine rings is 1. The Labute approximate surface area is 212 Å². The lowest BCUT2D eigenvalue weighted by molar-refractivity contribution is -0.137. The summed E-state index contributed by atoms with van der Waals surface area (Å²) in [7, 11) is 0. The molecule has 6 nitrogen and oxygen atoms in total. The van der Waals surface area contributed by atoms with Crippen molar-refractivity contribution in [3.63, 3.8) is 0 Å². The van der Waals surface area contributed by atoms with E-state index in [2.05, 4.69) is 20.8 Å². The lowest BCUT2D eigenvalue weighted by Gasteiger charge is -2.35. The van der Waals surface area contributed by atoms with Crippen molar-refractivity contribution in [1.82, 2.24) is 15.5 Å². The molecule has 192 valence electrons. The molecule has 0 bridgehead atoms. The number of alkyl halides is 3. The van der Waals surface area contributed by atoms with Crippen LogP contribution in [0.15, 0.2) is 71.4 Å². The highest BCUT2D eigenvalue weighted by Crippen LogP contribution is 2.38. The van der Waals surface area contributed by atoms with Gasteiger partial charge in [-0.15, -0.1) is 0 Å². The van der Waals surface area contributed by atoms with E-state index in [0.717, 1.165) is 12.1 Å². The van der Waals surface area contributed by atoms with Crippen molar-refractivity contribution >= 4 is 23.3 Å². The predicted octanol–water partition coefficient (Wildman–Crippen LogP) is 6.64. The Bertz CT molecular complexity index is 1430. The summed E-state index contributed by atoms with van der Waals surface area (Å²) in [6, 6.07) is 10.3. The minimum absolute atomic E-state index is 0.0269. The van der Waals surface area contributed by atoms with Gasteiger partial charge in [0.2, 0.25) is 0 Å². The topological polar surface area (TPSA) is 80.0 Å². The summed E-state index contributed by atoms with van der Waals surface area (Å²) >= 11 is 5.97. The van der Waals surface area contributed by atoms with E-state index in [1.807, 2.05) is 0 Å². The number of amides is 2. The first-order chi connectivity index (χ1) is 17.4. The summed E-state index contributed by atoms with van der Waals surface area (Å²) < 4.78 is 74.5. The van der Waals surface area contributed by atoms with E-state index in [1.54, 1.807) is 6.92 Å². The molecule has 0 aliphatic heterocycles. The van der Waals surface area contributed by atoms with Gasteiger partial charge >= 0.3 is 12.2 Å². The zero-order valence-corrected chi connectivity index (χ0v) is 19.8. The number of carbonyl (C=O) groups excluding carboxylic acids is 1. The van der Waals surface area contributed by atoms with Gasteiger partial charge in [0, 0.05) is 24.4 Å². The maximum absolute atomic E-state index is 14.6. The van der Waals surface area contributed by atoms with Crippen LogP contribution in [0.5, 0.6) is 0 Å². The van der Waals surface area contributed by atoms with Gasteiger partial charge in [0.15, 0.2) is 0 Å². The predicted molar refractivity (Wildman–Crippen MR) is 125 cm³/mol. The summed E-state index contributed by atoms with van der Waals surface area (Å²) in [5.74, 6) is -1.65. The lowest BCUT2D eigenvalue weighted by atomic mass is 9.81. The van der Waals surface area contributed by atoms with Crippen molar-refractivity contribution < 1.29 is 31.3 Å². The van der Waals surface area contributed by atoms with Crippen molar-refractivity contribution in [1.29, 1.82) is 0 Å². The maximum atomic E-state index is 14.6. The Morgan fingerprint density at radius 3 is 2.38 bits per heavy atom. The number of rotatable bonds is 6. The molecule has 1 unspecified atom stereocenters. The third kappa shape index (κ3) is 6.05. The van der Waals surface area contributed by atoms with Crippen molar-refractivity contribution in [3.05, 3.63) is 112 Å². The molecule has 0 saturated carbocycles. The van der Waals surface area contributed by atoms with E-state index in [-0.39, 0.29) is 34.1 Å². The van der Waals surface area contributed by atoms with E-state index < -0.39 is 34.9 Å². The Morgan fingerprint density at radius 1 is 1.00 bits per heavy atom. The molecule has 1 atom stereocenters. The maximum Gasteiger partial charge on any atom is 0.416 e. The zero-order valence-electron chi connectivity index (χ0n) is 19.0. The summed E-state index contributed by atoms with van der Waals surface area (Å²) in [5, 5.41) is 9.06. The first kappa shape index (κ1) is 26.1. The molecular formula is C25H18ClF5N4O2. The monoisotopic (exact) mass is 536 g/mol. The van der Waals surface area contributed by atoms with E-state index in [1.165, 1.54) is 42.6 Å². The highest BCUT2D eigenvalue weighted by Gasteiger charge is 2.42. The molecule has 2 N–H and O–H groups in total. The van der Waals surface area contributed by atoms with E-state index in [4.69, 9.17) is 16.1 Å². The van der Waals surface area contributed by atoms with Gasteiger partial charge in [-0.2, -0.15) is 13.2 Å². The second-order valence-electron chi connectivity index (χ2n) is 8.19. The zero-order chi connectivity index (χ0) is 26.8. The SMILES string of the molecule is Cc1cc(CC(NC(=O)Nc2cccc(F)c2)(c2cc(F)cc(C(F)(F)F)c2)c2ccc(Cl)cn2)on1. The van der Waals surface area contributed by atoms with Crippen molar-refractivity contribution in [2.45, 2.75) is 25.1 Å². The quantitative estimate of drug-likeness (QED) is 0.271. The first-order valence-corrected chi connectivity index (χ1v) is 11.1. The van der Waals surface area contributed by atoms with Crippen molar-refractivity contribution in [2.24, 2.45) is 0 Å². The molecule has 0 saturated heterocycles. The summed E-state index contributed by atoms with van der Waals surface area (Å²) in [5.41, 5.74) is -2.90. The molecule has 0 radical (unpaired) electrons. The number of hydrogen-bond acceptors (Lipinski definition) is 4. The molecule has 37 heavy (non-hydrogen) atoms. The van der Waals surface area contributed by atoms with E-state index in [0.29, 0.717) is 17.8 Å². The average Bonchev–Trinajstić information content (AvgIpc) is 3.22. The van der Waals surface area contributed by atoms with Crippen LogP contribution < -0.4 is 10.6 Å². The van der Waals surface area contributed by atoms with Crippen LogP contribution in [0.25, 0.3) is 0 Å². The van der Waals surface area contributed by atoms with Crippen LogP contribution in [0.3, 0.4) is 0 Å². The van der Waals surface area contributed by atoms with E-state index >= 15 is 0 Å². The van der Waals surface area contributed by atoms with E-state index in [9.17, 15) is 26.7 Å². The average molecular weight is 537 g/mol. The number of aromatic nitrogens is 2. The van der Waals surface area contributed by atoms with Gasteiger partial charge in [0.1, 0.15) is 22.9 Å². The summed E-state index contributed by atoms with van der Waals surface area (Å²) in [6.07, 6.45) is -3.96. The normalized spacial score (nSPS) is 13.2. The van der Waals surface area contributed by atoms with Gasteiger partial charge in [-0.25, -0.2) is 13.6 Å². The third-order valence-corrected chi connectivity index (χ3v) is 5.63. The highest BCUT2D eigenvalue weighted by molar-refractivity contribution is 6.30. The van der Waals surface area contributed by atoms with Gasteiger partial charge in [-0.05, 0) is 61.0 Å². The molecule has 2 aromatic heterocycles. The highest BCUT2D eigenvalue weighted by atomic mass is 35.5. The second kappa shape index (κ2) is 10.2. The molecule has 4 aromatic rings. The van der Waals surface area contributed by atoms with Gasteiger partial charge in [0.25, 0.3) is 0 Å². The van der Waals surface area contributed by atoms with Crippen LogP contribution in [0.4, 0.5) is 32.4 Å². The van der Waals surface area contributed by atoms with Crippen LogP contribution in [0.1, 0.15) is 28.3 Å². The molecule has 0 spiro atoms. The number of nitrogens with one attached hydrogen (secondary N) is 2. The van der Waals surface area contributed by atoms with Crippen molar-refractivity contribution in [2.75, 3.05) is 5.32 Å². The minimum atomic E-state index is -4.89. The number of hydrogen-bond donors (Lipinski definition) is 2. The molecule has 0 aliphatic carbocycles. The lowest BCUT2D eigenvalue weighted by Crippen LogP contribution is -2.50. The van der Waals surface area contributed by atoms with Crippen molar-refractivity contribution in [3.8, 4) is 0 Å². The molecule has 0 aliphatic rings. The smallest absolute Gasteiger partial charge is 0.361 e. The van der Waals surface area contributed by atoms with Gasteiger partial charge in [0.05, 0.1) is 22.0 Å². The molecule has 2 amide bonds. The second-order valence-corrected chi connectivity index (χ2v) is 8.63. The molecule has 0 fully saturated rings. The standard InChI is InChI=1S/C25H18ClF5N4O2/c1-14-7-21(37-35-14)12-24(22-6-5-17(26)13-32-22,15-8-16(25(29,30)31)10-19(28)9-15)34-23(36)33-20-4-2-3-18(27)11-20/h2-11,13H,12H2,1H3,(H2,33,34,36). The van der Waals surface area contributed by atoms with Crippen LogP contribution >= 0.6 is 11.6 Å². The fourth-order valence-corrected chi connectivity index (χ4v) is 3.94. The Balaban J connectivity index is 1.90. The number of benzene rings is 2. The molecule has 4 rings (SSSR count). The number of halogens is 6. The Hall–Kier alpha value is -3.99. The minimum Gasteiger partial charge on any atom is -0.361 e. The van der Waals surface area contributed by atoms with Crippen LogP contribution in [0, 0.1) is 18.6 Å². The molecular weight excluding hydrogens is 519 g/mol. The largest absolute Gasteiger partial charge is 0.416 e. The fourth-order valence-electron chi connectivity index (χ4n) is 3.83. The number of nitrogens with zero attached hydrogens (tertiary/aromatic N) is 2. The molecule has 2 aromatic carbocycles. The van der Waals surface area contributed by atoms with Crippen LogP contribution in [-0.4, -0.2) is 16.2 Å². The summed E-state index contributed by atoms with van der Waals surface area (Å²) in [6.45, 7) is 1.63. The summed E-state index contributed by atoms with van der Waals surface area (Å²) in [4.78, 5) is 17.4. The van der Waals surface area contributed by atoms with Gasteiger partial charge < -0.3 is 15.2 Å². The number of carbonyl (C=O) groups is 1. The Morgan fingerprint density at radius 2 is 1.76 bits per heavy atom. The first-order valence-electron chi connectivity index (χ1n) is 10.7. The third-order valence-electron chi connectivity index (χ3n) is 5.41. The van der Waals surface area contributed by atoms with Gasteiger partial charge in [-0.1, -0.05) is 22.8 Å². The molecule has 12 heteroatoms. The Kier molecular flexibility index (Phi) is 7.17. The number of urea groups is 1. The fraction of sp³-hybridized carbons (Fsp3) is 0.160. The number of aryl methyl sites for hydroxylation is 1.